The zero-order chi connectivity index (χ0) is 19.8. The van der Waals surface area contributed by atoms with E-state index < -0.39 is 15.6 Å². The van der Waals surface area contributed by atoms with Gasteiger partial charge >= 0.3 is 10.0 Å². The SMILES string of the molecule is CC(C)c1nc2cc(S(=O)(=[OH+])NC(C)(C)C)ccc2n1CC1CCOCC1. The highest BCUT2D eigenvalue weighted by atomic mass is 32.2. The summed E-state index contributed by atoms with van der Waals surface area (Å²) in [4.78, 5) is 5.19. The van der Waals surface area contributed by atoms with Crippen LogP contribution in [-0.4, -0.2) is 36.7 Å². The maximum absolute atomic E-state index is 12.8. The molecule has 6 nitrogen and oxygen atoms in total. The third kappa shape index (κ3) is 4.70. The largest absolute Gasteiger partial charge is 0.381 e. The zero-order valence-electron chi connectivity index (χ0n) is 17.0. The minimum absolute atomic E-state index is 0.284. The number of rotatable bonds is 5. The second-order valence-electron chi connectivity index (χ2n) is 8.82. The molecule has 1 aromatic heterocycles. The lowest BCUT2D eigenvalue weighted by molar-refractivity contribution is 0.0613. The van der Waals surface area contributed by atoms with Crippen LogP contribution >= 0.6 is 0 Å². The van der Waals surface area contributed by atoms with Gasteiger partial charge in [-0.2, -0.15) is 8.93 Å². The Balaban J connectivity index is 2.00. The summed E-state index contributed by atoms with van der Waals surface area (Å²) in [5.41, 5.74) is 1.34. The summed E-state index contributed by atoms with van der Waals surface area (Å²) in [6, 6.07) is 5.43. The summed E-state index contributed by atoms with van der Waals surface area (Å²) >= 11 is 0. The molecule has 1 unspecified atom stereocenters. The maximum atomic E-state index is 12.8. The number of benzene rings is 1. The molecule has 0 bridgehead atoms. The van der Waals surface area contributed by atoms with Gasteiger partial charge in [0, 0.05) is 31.2 Å². The fraction of sp³-hybridized carbons (Fsp3) is 0.650. The fourth-order valence-corrected chi connectivity index (χ4v) is 5.07. The molecule has 150 valence electrons. The van der Waals surface area contributed by atoms with E-state index >= 15 is 0 Å². The highest BCUT2D eigenvalue weighted by Crippen LogP contribution is 2.28. The standard InChI is InChI=1S/C20H31N3O3S/c1-14(2)19-21-17-12-16(27(24,25)22-20(3,4)5)6-7-18(17)23(19)13-15-8-10-26-11-9-15/h6-7,12,14-15H,8-11,13H2,1-5H3,(H,22,24,25)/p+1. The lowest BCUT2D eigenvalue weighted by Crippen LogP contribution is -2.40. The molecule has 0 aliphatic carbocycles. The molecular formula is C20H32N3O3S+. The Kier molecular flexibility index (Phi) is 5.66. The molecule has 1 aliphatic heterocycles. The van der Waals surface area contributed by atoms with Crippen LogP contribution in [0.2, 0.25) is 0 Å². The van der Waals surface area contributed by atoms with Crippen molar-refractivity contribution in [3.8, 4) is 0 Å². The summed E-state index contributed by atoms with van der Waals surface area (Å²) in [7, 11) is -3.33. The van der Waals surface area contributed by atoms with Crippen molar-refractivity contribution in [3.05, 3.63) is 24.0 Å². The predicted octanol–water partition coefficient (Wildman–Crippen LogP) is 3.82. The second kappa shape index (κ2) is 7.53. The molecule has 1 fully saturated rings. The van der Waals surface area contributed by atoms with E-state index in [9.17, 15) is 8.42 Å². The fourth-order valence-electron chi connectivity index (χ4n) is 3.59. The Morgan fingerprint density at radius 1 is 1.33 bits per heavy atom. The van der Waals surface area contributed by atoms with Gasteiger partial charge in [0.15, 0.2) is 0 Å². The monoisotopic (exact) mass is 394 g/mol. The number of hydrogen-bond acceptors (Lipinski definition) is 3. The molecule has 0 radical (unpaired) electrons. The van der Waals surface area contributed by atoms with E-state index in [0.29, 0.717) is 10.8 Å². The molecular weight excluding hydrogens is 362 g/mol. The van der Waals surface area contributed by atoms with Crippen LogP contribution in [0.4, 0.5) is 0 Å². The molecule has 1 atom stereocenters. The molecule has 3 rings (SSSR count). The number of fused-ring (bicyclic) bond motifs is 1. The van der Waals surface area contributed by atoms with E-state index in [0.717, 1.165) is 49.5 Å². The van der Waals surface area contributed by atoms with E-state index in [1.54, 1.807) is 12.1 Å². The van der Waals surface area contributed by atoms with Gasteiger partial charge < -0.3 is 9.30 Å². The van der Waals surface area contributed by atoms with E-state index in [4.69, 9.17) is 9.72 Å². The Bertz CT molecular complexity index is 904. The molecule has 2 N–H and O–H groups in total. The van der Waals surface area contributed by atoms with Gasteiger partial charge in [0.05, 0.1) is 11.0 Å². The third-order valence-corrected chi connectivity index (χ3v) is 6.59. The van der Waals surface area contributed by atoms with Gasteiger partial charge in [-0.3, -0.25) is 0 Å². The average Bonchev–Trinajstić information content (AvgIpc) is 2.92. The van der Waals surface area contributed by atoms with Crippen LogP contribution in [0.3, 0.4) is 0 Å². The van der Waals surface area contributed by atoms with Gasteiger partial charge in [-0.05, 0) is 57.7 Å². The molecule has 27 heavy (non-hydrogen) atoms. The van der Waals surface area contributed by atoms with Crippen molar-refractivity contribution in [1.29, 1.82) is 0 Å². The van der Waals surface area contributed by atoms with Crippen molar-refractivity contribution in [2.45, 2.75) is 70.4 Å². The van der Waals surface area contributed by atoms with Gasteiger partial charge in [-0.1, -0.05) is 13.8 Å². The summed E-state index contributed by atoms with van der Waals surface area (Å²) < 4.78 is 33.9. The summed E-state index contributed by atoms with van der Waals surface area (Å²) in [5, 5.41) is 0. The molecule has 0 amide bonds. The number of nitrogens with zero attached hydrogens (tertiary/aromatic N) is 2. The van der Waals surface area contributed by atoms with Crippen LogP contribution in [0.1, 0.15) is 59.2 Å². The lowest BCUT2D eigenvalue weighted by Gasteiger charge is -2.24. The summed E-state index contributed by atoms with van der Waals surface area (Å²) in [5.74, 6) is 1.90. The first-order chi connectivity index (χ1) is 12.6. The zero-order valence-corrected chi connectivity index (χ0v) is 17.8. The topological polar surface area (TPSA) is 77.5 Å². The molecule has 1 saturated heterocycles. The average molecular weight is 395 g/mol. The molecule has 2 aromatic rings. The third-order valence-electron chi connectivity index (χ3n) is 4.81. The number of aromatic nitrogens is 2. The van der Waals surface area contributed by atoms with Crippen molar-refractivity contribution in [2.24, 2.45) is 5.92 Å². The van der Waals surface area contributed by atoms with Crippen LogP contribution in [0.25, 0.3) is 11.0 Å². The number of hydrogen-bond donors (Lipinski definition) is 1. The number of nitrogens with one attached hydrogen (secondary N) is 1. The quantitative estimate of drug-likeness (QED) is 0.783. The maximum Gasteiger partial charge on any atom is 0.373 e. The summed E-state index contributed by atoms with van der Waals surface area (Å²) in [6.07, 6.45) is 2.13. The Morgan fingerprint density at radius 3 is 2.59 bits per heavy atom. The van der Waals surface area contributed by atoms with Gasteiger partial charge in [0.1, 0.15) is 10.7 Å². The molecule has 0 saturated carbocycles. The van der Waals surface area contributed by atoms with E-state index in [2.05, 4.69) is 23.1 Å². The first kappa shape index (κ1) is 20.3. The van der Waals surface area contributed by atoms with Crippen LogP contribution in [0.5, 0.6) is 0 Å². The Labute approximate surface area is 162 Å². The molecule has 2 heterocycles. The lowest BCUT2D eigenvalue weighted by atomic mass is 10.00. The van der Waals surface area contributed by atoms with Gasteiger partial charge in [0.2, 0.25) is 0 Å². The minimum Gasteiger partial charge on any atom is -0.381 e. The highest BCUT2D eigenvalue weighted by molar-refractivity contribution is 7.89. The van der Waals surface area contributed by atoms with Gasteiger partial charge in [-0.15, -0.1) is 0 Å². The van der Waals surface area contributed by atoms with Crippen LogP contribution in [0, 0.1) is 5.92 Å². The van der Waals surface area contributed by atoms with E-state index in [-0.39, 0.29) is 5.92 Å². The van der Waals surface area contributed by atoms with Crippen LogP contribution < -0.4 is 4.72 Å². The van der Waals surface area contributed by atoms with Crippen LogP contribution in [0.15, 0.2) is 23.1 Å². The normalized spacial score (nSPS) is 18.9. The van der Waals surface area contributed by atoms with Gasteiger partial charge in [-0.25, -0.2) is 9.19 Å². The van der Waals surface area contributed by atoms with Crippen molar-refractivity contribution >= 4 is 21.1 Å². The number of imidazole rings is 1. The second-order valence-corrected chi connectivity index (χ2v) is 10.5. The number of ether oxygens (including phenoxy) is 1. The van der Waals surface area contributed by atoms with E-state index in [1.165, 1.54) is 0 Å². The highest BCUT2D eigenvalue weighted by Gasteiger charge is 2.28. The molecule has 7 heteroatoms. The van der Waals surface area contributed by atoms with Crippen molar-refractivity contribution in [2.75, 3.05) is 13.2 Å². The van der Waals surface area contributed by atoms with Gasteiger partial charge in [0.25, 0.3) is 0 Å². The predicted molar refractivity (Wildman–Crippen MR) is 109 cm³/mol. The Hall–Kier alpha value is -1.44. The van der Waals surface area contributed by atoms with E-state index in [1.807, 2.05) is 26.8 Å². The van der Waals surface area contributed by atoms with Crippen molar-refractivity contribution < 1.29 is 13.2 Å². The molecule has 1 aliphatic rings. The molecule has 0 spiro atoms. The summed E-state index contributed by atoms with van der Waals surface area (Å²) in [6.45, 7) is 12.5. The molecule has 1 aromatic carbocycles. The van der Waals surface area contributed by atoms with Crippen molar-refractivity contribution in [1.82, 2.24) is 14.3 Å². The first-order valence-electron chi connectivity index (χ1n) is 9.70. The Morgan fingerprint density at radius 2 is 2.00 bits per heavy atom. The van der Waals surface area contributed by atoms with Crippen LogP contribution in [-0.2, 0) is 21.3 Å². The first-order valence-corrected chi connectivity index (χ1v) is 11.2. The smallest absolute Gasteiger partial charge is 0.373 e. The minimum atomic E-state index is -3.33. The van der Waals surface area contributed by atoms with Crippen molar-refractivity contribution in [3.63, 3.8) is 0 Å².